The zero-order valence-corrected chi connectivity index (χ0v) is 7.61. The topological polar surface area (TPSA) is 21.7 Å². The molecule has 0 aromatic carbocycles. The fourth-order valence-corrected chi connectivity index (χ4v) is 0.448. The Morgan fingerprint density at radius 1 is 1.11 bits per heavy atom. The molecule has 0 fully saturated rings. The van der Waals surface area contributed by atoms with Crippen molar-refractivity contribution in [1.82, 2.24) is 4.90 Å². The molecule has 0 aliphatic heterocycles. The fourth-order valence-electron chi connectivity index (χ4n) is 0.448. The van der Waals surface area contributed by atoms with Crippen LogP contribution in [0.5, 0.6) is 0 Å². The van der Waals surface area contributed by atoms with Gasteiger partial charge in [0, 0.05) is 32.8 Å². The molecule has 55 valence electrons. The van der Waals surface area contributed by atoms with Crippen LogP contribution < -0.4 is 0 Å². The van der Waals surface area contributed by atoms with E-state index in [1.165, 1.54) is 0 Å². The van der Waals surface area contributed by atoms with Gasteiger partial charge in [0.25, 0.3) is 0 Å². The van der Waals surface area contributed by atoms with E-state index in [2.05, 4.69) is 0 Å². The van der Waals surface area contributed by atoms with Crippen LogP contribution in [-0.2, 0) is 28.0 Å². The number of ether oxygens (including phenoxy) is 2. The molecule has 0 rings (SSSR count). The van der Waals surface area contributed by atoms with Crippen LogP contribution in [0.3, 0.4) is 0 Å². The monoisotopic (exact) mass is 169 g/mol. The first kappa shape index (κ1) is 12.2. The smallest absolute Gasteiger partial charge is 0.00238 e. The molecular formula is C5H12NO2V-. The first-order valence-corrected chi connectivity index (χ1v) is 2.34. The van der Waals surface area contributed by atoms with E-state index in [9.17, 15) is 0 Å². The Labute approximate surface area is 68.2 Å². The fraction of sp³-hybridized carbons (Fsp3) is 0.800. The minimum Gasteiger partial charge on any atom is -0.508 e. The summed E-state index contributed by atoms with van der Waals surface area (Å²) in [5.74, 6) is 0. The van der Waals surface area contributed by atoms with Crippen molar-refractivity contribution in [3.8, 4) is 0 Å². The van der Waals surface area contributed by atoms with Crippen LogP contribution in [0.1, 0.15) is 0 Å². The van der Waals surface area contributed by atoms with Crippen LogP contribution in [0.25, 0.3) is 0 Å². The zero-order chi connectivity index (χ0) is 6.57. The summed E-state index contributed by atoms with van der Waals surface area (Å²) in [5, 5.41) is 0. The van der Waals surface area contributed by atoms with Crippen molar-refractivity contribution >= 4 is 0 Å². The maximum atomic E-state index is 4.78. The molecule has 3 nitrogen and oxygen atoms in total. The van der Waals surface area contributed by atoms with Gasteiger partial charge in [-0.25, -0.2) is 0 Å². The number of hydrogen-bond donors (Lipinski definition) is 0. The third-order valence-electron chi connectivity index (χ3n) is 0.714. The molecule has 0 N–H and O–H groups in total. The molecule has 0 spiro atoms. The van der Waals surface area contributed by atoms with Gasteiger partial charge in [-0.05, 0) is 20.5 Å². The molecule has 0 unspecified atom stereocenters. The standard InChI is InChI=1S/C5H12NO2.V/c1-6(2)5(7-3)8-4;/h1-4H3;/q-1;. The summed E-state index contributed by atoms with van der Waals surface area (Å²) in [6, 6.07) is 0. The molecule has 0 aromatic rings. The van der Waals surface area contributed by atoms with Crippen LogP contribution >= 0.6 is 0 Å². The number of rotatable bonds is 3. The molecular weight excluding hydrogens is 157 g/mol. The van der Waals surface area contributed by atoms with Crippen molar-refractivity contribution < 1.29 is 28.0 Å². The second kappa shape index (κ2) is 6.58. The van der Waals surface area contributed by atoms with Gasteiger partial charge in [0.1, 0.15) is 0 Å². The summed E-state index contributed by atoms with van der Waals surface area (Å²) in [7, 11) is 6.84. The van der Waals surface area contributed by atoms with Crippen molar-refractivity contribution in [3.05, 3.63) is 6.41 Å². The Balaban J connectivity index is 0. The van der Waals surface area contributed by atoms with Gasteiger partial charge in [0.05, 0.1) is 0 Å². The first-order valence-electron chi connectivity index (χ1n) is 2.34. The molecule has 0 aliphatic rings. The summed E-state index contributed by atoms with van der Waals surface area (Å²) >= 11 is 0. The maximum absolute atomic E-state index is 4.78. The molecule has 0 saturated carbocycles. The van der Waals surface area contributed by atoms with Gasteiger partial charge < -0.3 is 14.4 Å². The van der Waals surface area contributed by atoms with Crippen LogP contribution in [-0.4, -0.2) is 33.2 Å². The maximum Gasteiger partial charge on any atom is 0.00238 e. The van der Waals surface area contributed by atoms with Crippen molar-refractivity contribution in [3.63, 3.8) is 0 Å². The summed E-state index contributed by atoms with van der Waals surface area (Å²) < 4.78 is 9.56. The van der Waals surface area contributed by atoms with E-state index >= 15 is 0 Å². The molecule has 0 heterocycles. The minimum atomic E-state index is 0. The van der Waals surface area contributed by atoms with Gasteiger partial charge in [-0.15, -0.1) is 0 Å². The molecule has 0 amide bonds. The van der Waals surface area contributed by atoms with Crippen molar-refractivity contribution in [1.29, 1.82) is 0 Å². The Morgan fingerprint density at radius 3 is 1.44 bits per heavy atom. The molecule has 0 bridgehead atoms. The van der Waals surface area contributed by atoms with E-state index in [4.69, 9.17) is 9.47 Å². The van der Waals surface area contributed by atoms with Gasteiger partial charge in [-0.3, -0.25) is 0 Å². The third kappa shape index (κ3) is 4.94. The molecule has 0 aromatic heterocycles. The molecule has 1 radical (unpaired) electrons. The summed E-state index contributed by atoms with van der Waals surface area (Å²) in [4.78, 5) is 1.75. The predicted molar refractivity (Wildman–Crippen MR) is 30.9 cm³/mol. The number of hydrogen-bond acceptors (Lipinski definition) is 3. The quantitative estimate of drug-likeness (QED) is 0.566. The van der Waals surface area contributed by atoms with E-state index in [1.54, 1.807) is 19.1 Å². The van der Waals surface area contributed by atoms with Crippen molar-refractivity contribution in [2.45, 2.75) is 0 Å². The van der Waals surface area contributed by atoms with E-state index in [1.807, 2.05) is 14.1 Å². The molecule has 9 heavy (non-hydrogen) atoms. The van der Waals surface area contributed by atoms with Gasteiger partial charge in [0.2, 0.25) is 0 Å². The molecule has 0 saturated heterocycles. The Morgan fingerprint density at radius 2 is 1.44 bits per heavy atom. The second-order valence-electron chi connectivity index (χ2n) is 1.57. The summed E-state index contributed by atoms with van der Waals surface area (Å²) in [6.45, 7) is 0. The Bertz CT molecular complexity index is 56.9. The number of methoxy groups -OCH3 is 2. The molecule has 0 atom stereocenters. The average Bonchev–Trinajstić information content (AvgIpc) is 1.69. The largest absolute Gasteiger partial charge is 0.508 e. The van der Waals surface area contributed by atoms with E-state index < -0.39 is 0 Å². The first-order chi connectivity index (χ1) is 3.72. The van der Waals surface area contributed by atoms with Crippen molar-refractivity contribution in [2.24, 2.45) is 0 Å². The van der Waals surface area contributed by atoms with Gasteiger partial charge in [0.15, 0.2) is 0 Å². The predicted octanol–water partition coefficient (Wildman–Crippen LogP) is 0.285. The Kier molecular flexibility index (Phi) is 8.90. The van der Waals surface area contributed by atoms with Crippen LogP contribution in [0.2, 0.25) is 0 Å². The van der Waals surface area contributed by atoms with Gasteiger partial charge in [-0.2, -0.15) is 0 Å². The van der Waals surface area contributed by atoms with Crippen LogP contribution in [0.4, 0.5) is 0 Å². The van der Waals surface area contributed by atoms with Gasteiger partial charge >= 0.3 is 0 Å². The van der Waals surface area contributed by atoms with Crippen molar-refractivity contribution in [2.75, 3.05) is 28.3 Å². The summed E-state index contributed by atoms with van der Waals surface area (Å²) in [5.41, 5.74) is 0. The van der Waals surface area contributed by atoms with Gasteiger partial charge in [-0.1, -0.05) is 0 Å². The van der Waals surface area contributed by atoms with E-state index in [-0.39, 0.29) is 18.6 Å². The SMILES string of the molecule is CO[C-](OC)N(C)C.[V]. The van der Waals surface area contributed by atoms with E-state index in [0.717, 1.165) is 0 Å². The van der Waals surface area contributed by atoms with Crippen LogP contribution in [0.15, 0.2) is 0 Å². The molecule has 4 heteroatoms. The van der Waals surface area contributed by atoms with E-state index in [0.29, 0.717) is 6.41 Å². The normalized spacial score (nSPS) is 10.0. The summed E-state index contributed by atoms with van der Waals surface area (Å²) in [6.07, 6.45) is 0.519. The molecule has 0 aliphatic carbocycles. The zero-order valence-electron chi connectivity index (χ0n) is 6.21. The Hall–Kier alpha value is 0.464. The second-order valence-corrected chi connectivity index (χ2v) is 1.57. The third-order valence-corrected chi connectivity index (χ3v) is 0.714. The average molecular weight is 169 g/mol. The number of nitrogens with zero attached hydrogens (tertiary/aromatic N) is 1. The minimum absolute atomic E-state index is 0. The van der Waals surface area contributed by atoms with Crippen LogP contribution in [0, 0.1) is 6.41 Å².